The minimum absolute atomic E-state index is 0.167. The SMILES string of the molecule is NNC(Cc1cccc(Cl)c1Cl)C1Cc2ccccc21. The van der Waals surface area contributed by atoms with Gasteiger partial charge in [0.15, 0.2) is 0 Å². The Morgan fingerprint density at radius 3 is 2.70 bits per heavy atom. The number of halogens is 2. The van der Waals surface area contributed by atoms with E-state index in [2.05, 4.69) is 29.7 Å². The molecule has 0 spiro atoms. The van der Waals surface area contributed by atoms with Gasteiger partial charge >= 0.3 is 0 Å². The van der Waals surface area contributed by atoms with E-state index in [0.29, 0.717) is 16.0 Å². The number of benzene rings is 2. The summed E-state index contributed by atoms with van der Waals surface area (Å²) in [6, 6.07) is 14.4. The van der Waals surface area contributed by atoms with Gasteiger partial charge in [-0.2, -0.15) is 0 Å². The zero-order valence-electron chi connectivity index (χ0n) is 10.9. The van der Waals surface area contributed by atoms with Crippen molar-refractivity contribution < 1.29 is 0 Å². The standard InChI is InChI=1S/C16H16Cl2N2/c17-14-7-3-5-11(16(14)18)9-15(20-19)13-8-10-4-1-2-6-12(10)13/h1-7,13,15,20H,8-9,19H2. The molecule has 0 saturated heterocycles. The van der Waals surface area contributed by atoms with Crippen molar-refractivity contribution in [3.63, 3.8) is 0 Å². The molecule has 3 N–H and O–H groups in total. The van der Waals surface area contributed by atoms with Gasteiger partial charge in [0.1, 0.15) is 0 Å². The second-order valence-corrected chi connectivity index (χ2v) is 5.98. The molecule has 0 amide bonds. The quantitative estimate of drug-likeness (QED) is 0.667. The summed E-state index contributed by atoms with van der Waals surface area (Å²) in [6.07, 6.45) is 1.83. The summed E-state index contributed by atoms with van der Waals surface area (Å²) < 4.78 is 0. The van der Waals surface area contributed by atoms with Gasteiger partial charge in [-0.1, -0.05) is 59.6 Å². The fraction of sp³-hybridized carbons (Fsp3) is 0.250. The third kappa shape index (κ3) is 2.45. The third-order valence-corrected chi connectivity index (χ3v) is 4.92. The molecule has 0 saturated carbocycles. The first-order valence-corrected chi connectivity index (χ1v) is 7.43. The van der Waals surface area contributed by atoms with Crippen molar-refractivity contribution >= 4 is 23.2 Å². The maximum Gasteiger partial charge on any atom is 0.0624 e. The van der Waals surface area contributed by atoms with Crippen LogP contribution in [0.5, 0.6) is 0 Å². The zero-order valence-corrected chi connectivity index (χ0v) is 12.5. The first kappa shape index (κ1) is 13.9. The molecule has 3 rings (SSSR count). The van der Waals surface area contributed by atoms with Crippen molar-refractivity contribution in [2.24, 2.45) is 5.84 Å². The van der Waals surface area contributed by atoms with Crippen LogP contribution < -0.4 is 11.3 Å². The van der Waals surface area contributed by atoms with Crippen LogP contribution >= 0.6 is 23.2 Å². The molecule has 2 nitrogen and oxygen atoms in total. The Bertz CT molecular complexity index is 628. The molecular weight excluding hydrogens is 291 g/mol. The average molecular weight is 307 g/mol. The Balaban J connectivity index is 1.81. The molecule has 2 aromatic carbocycles. The largest absolute Gasteiger partial charge is 0.271 e. The first-order valence-electron chi connectivity index (χ1n) is 6.67. The summed E-state index contributed by atoms with van der Waals surface area (Å²) in [6.45, 7) is 0. The fourth-order valence-electron chi connectivity index (χ4n) is 2.92. The molecular formula is C16H16Cl2N2. The molecule has 1 aliphatic rings. The fourth-order valence-corrected chi connectivity index (χ4v) is 3.31. The van der Waals surface area contributed by atoms with Crippen LogP contribution in [0.4, 0.5) is 0 Å². The van der Waals surface area contributed by atoms with E-state index in [4.69, 9.17) is 29.0 Å². The van der Waals surface area contributed by atoms with Crippen molar-refractivity contribution in [2.45, 2.75) is 24.8 Å². The van der Waals surface area contributed by atoms with E-state index in [1.807, 2.05) is 12.1 Å². The van der Waals surface area contributed by atoms with Gasteiger partial charge in [-0.25, -0.2) is 0 Å². The van der Waals surface area contributed by atoms with Crippen LogP contribution in [0.15, 0.2) is 42.5 Å². The summed E-state index contributed by atoms with van der Waals surface area (Å²) in [5.41, 5.74) is 6.77. The lowest BCUT2D eigenvalue weighted by atomic mass is 9.72. The summed E-state index contributed by atoms with van der Waals surface area (Å²) >= 11 is 12.3. The molecule has 0 aliphatic heterocycles. The Morgan fingerprint density at radius 2 is 1.95 bits per heavy atom. The Morgan fingerprint density at radius 1 is 1.15 bits per heavy atom. The van der Waals surface area contributed by atoms with Crippen LogP contribution in [-0.2, 0) is 12.8 Å². The van der Waals surface area contributed by atoms with Crippen LogP contribution in [0.25, 0.3) is 0 Å². The predicted molar refractivity (Wildman–Crippen MR) is 84.2 cm³/mol. The van der Waals surface area contributed by atoms with Crippen molar-refractivity contribution in [2.75, 3.05) is 0 Å². The van der Waals surface area contributed by atoms with Gasteiger partial charge in [0.25, 0.3) is 0 Å². The third-order valence-electron chi connectivity index (χ3n) is 4.07. The number of nitrogens with two attached hydrogens (primary N) is 1. The summed E-state index contributed by atoms with van der Waals surface area (Å²) in [5.74, 6) is 6.19. The van der Waals surface area contributed by atoms with Crippen molar-refractivity contribution in [1.82, 2.24) is 5.43 Å². The van der Waals surface area contributed by atoms with Crippen LogP contribution in [0.2, 0.25) is 10.0 Å². The summed E-state index contributed by atoms with van der Waals surface area (Å²) in [7, 11) is 0. The maximum absolute atomic E-state index is 6.26. The monoisotopic (exact) mass is 306 g/mol. The van der Waals surface area contributed by atoms with Crippen LogP contribution in [0.1, 0.15) is 22.6 Å². The molecule has 2 unspecified atom stereocenters. The molecule has 104 valence electrons. The number of hydrogen-bond donors (Lipinski definition) is 2. The normalized spacial score (nSPS) is 18.2. The van der Waals surface area contributed by atoms with Gasteiger partial charge in [0.05, 0.1) is 10.0 Å². The number of hydrogen-bond acceptors (Lipinski definition) is 2. The molecule has 0 heterocycles. The van der Waals surface area contributed by atoms with E-state index in [0.717, 1.165) is 18.4 Å². The molecule has 2 aromatic rings. The molecule has 0 radical (unpaired) electrons. The van der Waals surface area contributed by atoms with Crippen molar-refractivity contribution in [3.8, 4) is 0 Å². The van der Waals surface area contributed by atoms with Gasteiger partial charge in [-0.05, 0) is 35.6 Å². The van der Waals surface area contributed by atoms with E-state index in [1.165, 1.54) is 11.1 Å². The maximum atomic E-state index is 6.26. The van der Waals surface area contributed by atoms with E-state index < -0.39 is 0 Å². The van der Waals surface area contributed by atoms with Gasteiger partial charge in [-0.15, -0.1) is 0 Å². The average Bonchev–Trinajstić information content (AvgIpc) is 2.43. The molecule has 1 aliphatic carbocycles. The lowest BCUT2D eigenvalue weighted by Gasteiger charge is -2.36. The van der Waals surface area contributed by atoms with Gasteiger partial charge in [-0.3, -0.25) is 11.3 Å². The Labute approximate surface area is 128 Å². The summed E-state index contributed by atoms with van der Waals surface area (Å²) in [5, 5.41) is 1.22. The van der Waals surface area contributed by atoms with Gasteiger partial charge < -0.3 is 0 Å². The smallest absolute Gasteiger partial charge is 0.0624 e. The summed E-state index contributed by atoms with van der Waals surface area (Å²) in [4.78, 5) is 0. The molecule has 0 aromatic heterocycles. The number of hydrazine groups is 1. The second-order valence-electron chi connectivity index (χ2n) is 5.20. The van der Waals surface area contributed by atoms with Crippen molar-refractivity contribution in [1.29, 1.82) is 0 Å². The highest BCUT2D eigenvalue weighted by Gasteiger charge is 2.32. The van der Waals surface area contributed by atoms with Gasteiger partial charge in [0, 0.05) is 12.0 Å². The molecule has 2 atom stereocenters. The topological polar surface area (TPSA) is 38.0 Å². The van der Waals surface area contributed by atoms with E-state index >= 15 is 0 Å². The lowest BCUT2D eigenvalue weighted by Crippen LogP contribution is -2.45. The number of nitrogens with one attached hydrogen (secondary N) is 1. The molecule has 20 heavy (non-hydrogen) atoms. The molecule has 4 heteroatoms. The van der Waals surface area contributed by atoms with E-state index in [-0.39, 0.29) is 6.04 Å². The van der Waals surface area contributed by atoms with E-state index in [1.54, 1.807) is 6.07 Å². The van der Waals surface area contributed by atoms with Gasteiger partial charge in [0.2, 0.25) is 0 Å². The van der Waals surface area contributed by atoms with Crippen LogP contribution in [0, 0.1) is 0 Å². The molecule has 0 bridgehead atoms. The minimum Gasteiger partial charge on any atom is -0.271 e. The molecule has 0 fully saturated rings. The highest BCUT2D eigenvalue weighted by atomic mass is 35.5. The Kier molecular flexibility index (Phi) is 3.99. The highest BCUT2D eigenvalue weighted by molar-refractivity contribution is 6.42. The highest BCUT2D eigenvalue weighted by Crippen LogP contribution is 2.39. The lowest BCUT2D eigenvalue weighted by molar-refractivity contribution is 0.404. The van der Waals surface area contributed by atoms with E-state index in [9.17, 15) is 0 Å². The minimum atomic E-state index is 0.167. The van der Waals surface area contributed by atoms with Crippen molar-refractivity contribution in [3.05, 3.63) is 69.2 Å². The van der Waals surface area contributed by atoms with Crippen LogP contribution in [0.3, 0.4) is 0 Å². The Hall–Kier alpha value is -1.06. The van der Waals surface area contributed by atoms with Crippen LogP contribution in [-0.4, -0.2) is 6.04 Å². The first-order chi connectivity index (χ1) is 9.70. The zero-order chi connectivity index (χ0) is 14.1. The predicted octanol–water partition coefficient (Wildman–Crippen LogP) is 3.71. The number of fused-ring (bicyclic) bond motifs is 1. The second kappa shape index (κ2) is 5.74. The number of rotatable bonds is 4.